The number of halogens is 1. The molecule has 3 aromatic carbocycles. The van der Waals surface area contributed by atoms with Crippen LogP contribution in [0.1, 0.15) is 22.7 Å². The highest BCUT2D eigenvalue weighted by Crippen LogP contribution is 2.39. The summed E-state index contributed by atoms with van der Waals surface area (Å²) in [5.41, 5.74) is 2.01. The molecule has 5 heteroatoms. The fourth-order valence-corrected chi connectivity index (χ4v) is 3.70. The van der Waals surface area contributed by atoms with Crippen molar-refractivity contribution in [3.05, 3.63) is 125 Å². The van der Waals surface area contributed by atoms with Gasteiger partial charge >= 0.3 is 0 Å². The van der Waals surface area contributed by atoms with Crippen LogP contribution in [0.25, 0.3) is 6.08 Å². The molecule has 1 N–H and O–H groups in total. The largest absolute Gasteiger partial charge is 0.503 e. The Balaban J connectivity index is 1.73. The average Bonchev–Trinajstić information content (AvgIpc) is 3.04. The first kappa shape index (κ1) is 20.3. The van der Waals surface area contributed by atoms with Gasteiger partial charge in [-0.05, 0) is 34.9 Å². The molecule has 3 aromatic rings. The molecular formula is C26H20FNO3. The van der Waals surface area contributed by atoms with Crippen molar-refractivity contribution in [1.82, 2.24) is 4.90 Å². The molecule has 0 bridgehead atoms. The summed E-state index contributed by atoms with van der Waals surface area (Å²) in [6.07, 6.45) is 2.95. The van der Waals surface area contributed by atoms with Gasteiger partial charge in [-0.3, -0.25) is 9.59 Å². The second-order valence-electron chi connectivity index (χ2n) is 7.25. The lowest BCUT2D eigenvalue weighted by molar-refractivity contribution is -0.130. The molecule has 0 saturated carbocycles. The minimum absolute atomic E-state index is 0.0567. The average molecular weight is 413 g/mol. The zero-order chi connectivity index (χ0) is 21.8. The van der Waals surface area contributed by atoms with Crippen molar-refractivity contribution < 1.29 is 19.1 Å². The molecule has 4 nitrogen and oxygen atoms in total. The Morgan fingerprint density at radius 1 is 0.968 bits per heavy atom. The van der Waals surface area contributed by atoms with Gasteiger partial charge in [-0.2, -0.15) is 0 Å². The van der Waals surface area contributed by atoms with E-state index < -0.39 is 29.3 Å². The van der Waals surface area contributed by atoms with Crippen LogP contribution in [0.15, 0.2) is 102 Å². The van der Waals surface area contributed by atoms with Gasteiger partial charge in [-0.25, -0.2) is 4.39 Å². The smallest absolute Gasteiger partial charge is 0.290 e. The number of nitrogens with zero attached hydrogens (tertiary/aromatic N) is 1. The number of rotatable bonds is 6. The van der Waals surface area contributed by atoms with Crippen LogP contribution in [0.3, 0.4) is 0 Å². The standard InChI is InChI=1S/C26H20FNO3/c27-21-13-7-12-20(16-21)24-23(22(29)15-14-18-8-3-1-4-9-18)25(30)26(31)28(24)17-19-10-5-2-6-11-19/h1-16,24,30H,17H2/b15-14+. The van der Waals surface area contributed by atoms with E-state index in [-0.39, 0.29) is 12.1 Å². The molecule has 0 spiro atoms. The van der Waals surface area contributed by atoms with Crippen LogP contribution in [0.5, 0.6) is 0 Å². The SMILES string of the molecule is O=C(/C=C/c1ccccc1)C1=C(O)C(=O)N(Cc2ccccc2)C1c1cccc(F)c1. The Bertz CT molecular complexity index is 1170. The highest BCUT2D eigenvalue weighted by atomic mass is 19.1. The number of hydrogen-bond acceptors (Lipinski definition) is 3. The van der Waals surface area contributed by atoms with Gasteiger partial charge in [-0.15, -0.1) is 0 Å². The Morgan fingerprint density at radius 2 is 1.65 bits per heavy atom. The number of ketones is 1. The minimum Gasteiger partial charge on any atom is -0.503 e. The van der Waals surface area contributed by atoms with Crippen LogP contribution in [-0.4, -0.2) is 21.7 Å². The third kappa shape index (κ3) is 4.31. The molecule has 0 aliphatic carbocycles. The summed E-state index contributed by atoms with van der Waals surface area (Å²) in [6, 6.07) is 23.3. The van der Waals surface area contributed by atoms with Crippen LogP contribution in [0, 0.1) is 5.82 Å². The zero-order valence-corrected chi connectivity index (χ0v) is 16.6. The van der Waals surface area contributed by atoms with E-state index in [2.05, 4.69) is 0 Å². The van der Waals surface area contributed by atoms with Gasteiger partial charge in [0.2, 0.25) is 0 Å². The Labute approximate surface area is 179 Å². The maximum atomic E-state index is 14.0. The van der Waals surface area contributed by atoms with Gasteiger partial charge in [0.05, 0.1) is 11.6 Å². The van der Waals surface area contributed by atoms with Crippen LogP contribution in [-0.2, 0) is 16.1 Å². The van der Waals surface area contributed by atoms with Crippen LogP contribution in [0.2, 0.25) is 0 Å². The second kappa shape index (κ2) is 8.79. The first-order valence-corrected chi connectivity index (χ1v) is 9.85. The van der Waals surface area contributed by atoms with Crippen molar-refractivity contribution in [3.63, 3.8) is 0 Å². The molecule has 1 amide bonds. The molecule has 1 heterocycles. The number of carbonyl (C=O) groups excluding carboxylic acids is 2. The van der Waals surface area contributed by atoms with E-state index in [1.807, 2.05) is 60.7 Å². The van der Waals surface area contributed by atoms with E-state index in [1.54, 1.807) is 12.1 Å². The molecule has 0 saturated heterocycles. The third-order valence-electron chi connectivity index (χ3n) is 5.16. The van der Waals surface area contributed by atoms with Crippen LogP contribution in [0.4, 0.5) is 4.39 Å². The summed E-state index contributed by atoms with van der Waals surface area (Å²) in [5.74, 6) is -2.25. The van der Waals surface area contributed by atoms with E-state index in [4.69, 9.17) is 0 Å². The van der Waals surface area contributed by atoms with Crippen LogP contribution >= 0.6 is 0 Å². The summed E-state index contributed by atoms with van der Waals surface area (Å²) < 4.78 is 14.0. The van der Waals surface area contributed by atoms with E-state index in [0.29, 0.717) is 5.56 Å². The fourth-order valence-electron chi connectivity index (χ4n) is 3.70. The predicted molar refractivity (Wildman–Crippen MR) is 116 cm³/mol. The molecule has 154 valence electrons. The molecule has 4 rings (SSSR count). The molecule has 1 atom stereocenters. The number of allylic oxidation sites excluding steroid dienone is 1. The summed E-state index contributed by atoms with van der Waals surface area (Å²) in [6.45, 7) is 0.171. The van der Waals surface area contributed by atoms with Crippen molar-refractivity contribution in [3.8, 4) is 0 Å². The quantitative estimate of drug-likeness (QED) is 0.579. The van der Waals surface area contributed by atoms with E-state index in [1.165, 1.54) is 29.2 Å². The van der Waals surface area contributed by atoms with Crippen molar-refractivity contribution in [2.45, 2.75) is 12.6 Å². The first-order valence-electron chi connectivity index (χ1n) is 9.85. The van der Waals surface area contributed by atoms with Gasteiger partial charge in [0.15, 0.2) is 11.5 Å². The predicted octanol–water partition coefficient (Wildman–Crippen LogP) is 5.00. The molecule has 0 aromatic heterocycles. The molecule has 31 heavy (non-hydrogen) atoms. The Kier molecular flexibility index (Phi) is 5.76. The number of carbonyl (C=O) groups is 2. The van der Waals surface area contributed by atoms with Crippen molar-refractivity contribution in [1.29, 1.82) is 0 Å². The normalized spacial score (nSPS) is 16.4. The number of aliphatic hydroxyl groups excluding tert-OH is 1. The Morgan fingerprint density at radius 3 is 2.32 bits per heavy atom. The van der Waals surface area contributed by atoms with E-state index in [0.717, 1.165) is 11.1 Å². The van der Waals surface area contributed by atoms with Crippen molar-refractivity contribution in [2.24, 2.45) is 0 Å². The number of benzene rings is 3. The molecule has 0 fully saturated rings. The lowest BCUT2D eigenvalue weighted by Crippen LogP contribution is -2.30. The maximum absolute atomic E-state index is 14.0. The minimum atomic E-state index is -0.892. The maximum Gasteiger partial charge on any atom is 0.290 e. The monoisotopic (exact) mass is 413 g/mol. The van der Waals surface area contributed by atoms with Crippen molar-refractivity contribution in [2.75, 3.05) is 0 Å². The second-order valence-corrected chi connectivity index (χ2v) is 7.25. The third-order valence-corrected chi connectivity index (χ3v) is 5.16. The number of aliphatic hydroxyl groups is 1. The first-order chi connectivity index (χ1) is 15.0. The van der Waals surface area contributed by atoms with E-state index in [9.17, 15) is 19.1 Å². The number of hydrogen-bond donors (Lipinski definition) is 1. The van der Waals surface area contributed by atoms with Crippen molar-refractivity contribution >= 4 is 17.8 Å². The van der Waals surface area contributed by atoms with Gasteiger partial charge < -0.3 is 10.0 Å². The lowest BCUT2D eigenvalue weighted by atomic mass is 9.95. The molecule has 0 radical (unpaired) electrons. The summed E-state index contributed by atoms with van der Waals surface area (Å²) in [5, 5.41) is 10.6. The van der Waals surface area contributed by atoms with Gasteiger partial charge in [0.1, 0.15) is 5.82 Å². The molecular weight excluding hydrogens is 393 g/mol. The van der Waals surface area contributed by atoms with Gasteiger partial charge in [-0.1, -0.05) is 78.9 Å². The lowest BCUT2D eigenvalue weighted by Gasteiger charge is -2.26. The van der Waals surface area contributed by atoms with Crippen LogP contribution < -0.4 is 0 Å². The zero-order valence-electron chi connectivity index (χ0n) is 16.6. The molecule has 1 unspecified atom stereocenters. The summed E-state index contributed by atoms with van der Waals surface area (Å²) in [4.78, 5) is 27.4. The fraction of sp³-hybridized carbons (Fsp3) is 0.0769. The molecule has 1 aliphatic heterocycles. The summed E-state index contributed by atoms with van der Waals surface area (Å²) >= 11 is 0. The molecule has 1 aliphatic rings. The van der Waals surface area contributed by atoms with Gasteiger partial charge in [0, 0.05) is 6.54 Å². The van der Waals surface area contributed by atoms with Gasteiger partial charge in [0.25, 0.3) is 5.91 Å². The summed E-state index contributed by atoms with van der Waals surface area (Å²) in [7, 11) is 0. The topological polar surface area (TPSA) is 57.6 Å². The Hall–Kier alpha value is -3.99. The highest BCUT2D eigenvalue weighted by molar-refractivity contribution is 6.14. The highest BCUT2D eigenvalue weighted by Gasteiger charge is 2.42. The van der Waals surface area contributed by atoms with E-state index >= 15 is 0 Å². The number of amides is 1.